The van der Waals surface area contributed by atoms with Crippen LogP contribution in [0.15, 0.2) is 24.3 Å². The number of carbonyl (C=O) groups is 1. The van der Waals surface area contributed by atoms with Crippen molar-refractivity contribution >= 4 is 17.3 Å². The Balaban J connectivity index is 2.27. The van der Waals surface area contributed by atoms with Gasteiger partial charge in [0.15, 0.2) is 0 Å². The molecule has 4 heteroatoms. The van der Waals surface area contributed by atoms with Gasteiger partial charge in [-0.15, -0.1) is 0 Å². The molecule has 0 amide bonds. The minimum Gasteiger partial charge on any atom is -0.469 e. The molecule has 0 saturated heterocycles. The number of ether oxygens (including phenoxy) is 1. The lowest BCUT2D eigenvalue weighted by Crippen LogP contribution is -2.47. The summed E-state index contributed by atoms with van der Waals surface area (Å²) < 4.78 is 4.86. The maximum absolute atomic E-state index is 11.7. The number of likely N-dealkylation sites (N-methyl/N-ethyl adjacent to an activating group) is 1. The Labute approximate surface area is 115 Å². The molecule has 0 aromatic heterocycles. The minimum absolute atomic E-state index is 0.127. The van der Waals surface area contributed by atoms with Gasteiger partial charge < -0.3 is 14.5 Å². The smallest absolute Gasteiger partial charge is 0.310 e. The van der Waals surface area contributed by atoms with Crippen molar-refractivity contribution in [1.82, 2.24) is 0 Å². The van der Waals surface area contributed by atoms with E-state index in [4.69, 9.17) is 4.74 Å². The topological polar surface area (TPSA) is 32.8 Å². The van der Waals surface area contributed by atoms with Crippen molar-refractivity contribution in [2.75, 3.05) is 37.0 Å². The van der Waals surface area contributed by atoms with Crippen LogP contribution < -0.4 is 9.80 Å². The molecule has 0 N–H and O–H groups in total. The highest BCUT2D eigenvalue weighted by Gasteiger charge is 2.30. The van der Waals surface area contributed by atoms with Crippen LogP contribution in [-0.4, -0.2) is 39.3 Å². The molecule has 1 aliphatic rings. The van der Waals surface area contributed by atoms with Crippen LogP contribution in [0, 0.1) is 5.92 Å². The first kappa shape index (κ1) is 13.7. The summed E-state index contributed by atoms with van der Waals surface area (Å²) in [6.07, 6.45) is 0. The molecule has 1 aromatic carbocycles. The highest BCUT2D eigenvalue weighted by atomic mass is 16.5. The van der Waals surface area contributed by atoms with E-state index in [2.05, 4.69) is 35.9 Å². The number of benzene rings is 1. The Hall–Kier alpha value is -1.71. The summed E-state index contributed by atoms with van der Waals surface area (Å²) in [5, 5.41) is 0. The molecule has 1 aliphatic heterocycles. The number of para-hydroxylation sites is 2. The zero-order valence-electron chi connectivity index (χ0n) is 12.1. The van der Waals surface area contributed by atoms with E-state index in [-0.39, 0.29) is 17.9 Å². The van der Waals surface area contributed by atoms with Crippen molar-refractivity contribution in [3.63, 3.8) is 0 Å². The van der Waals surface area contributed by atoms with Crippen molar-refractivity contribution in [3.8, 4) is 0 Å². The van der Waals surface area contributed by atoms with Gasteiger partial charge in [-0.25, -0.2) is 0 Å². The number of esters is 1. The molecule has 0 radical (unpaired) electrons. The van der Waals surface area contributed by atoms with E-state index in [9.17, 15) is 4.79 Å². The average molecular weight is 262 g/mol. The normalized spacial score (nSPS) is 17.7. The first-order valence-corrected chi connectivity index (χ1v) is 6.71. The van der Waals surface area contributed by atoms with Gasteiger partial charge in [-0.3, -0.25) is 4.79 Å². The van der Waals surface area contributed by atoms with Crippen molar-refractivity contribution < 1.29 is 9.53 Å². The van der Waals surface area contributed by atoms with Crippen LogP contribution in [-0.2, 0) is 9.53 Å². The van der Waals surface area contributed by atoms with Gasteiger partial charge in [-0.1, -0.05) is 12.1 Å². The third-order valence-corrected chi connectivity index (χ3v) is 4.07. The van der Waals surface area contributed by atoms with Crippen molar-refractivity contribution in [3.05, 3.63) is 24.3 Å². The van der Waals surface area contributed by atoms with Crippen LogP contribution >= 0.6 is 0 Å². The fraction of sp³-hybridized carbons (Fsp3) is 0.533. The summed E-state index contributed by atoms with van der Waals surface area (Å²) in [5.74, 6) is -0.287. The van der Waals surface area contributed by atoms with E-state index in [0.717, 1.165) is 13.1 Å². The Kier molecular flexibility index (Phi) is 3.98. The molecule has 1 heterocycles. The molecular weight excluding hydrogens is 240 g/mol. The number of fused-ring (bicyclic) bond motifs is 1. The SMILES string of the molecule is COC(=O)C(C)C(C)N1CCN(C)c2ccccc21. The highest BCUT2D eigenvalue weighted by molar-refractivity contribution is 5.77. The van der Waals surface area contributed by atoms with Gasteiger partial charge >= 0.3 is 5.97 Å². The van der Waals surface area contributed by atoms with Gasteiger partial charge in [0, 0.05) is 26.2 Å². The quantitative estimate of drug-likeness (QED) is 0.781. The number of nitrogens with zero attached hydrogens (tertiary/aromatic N) is 2. The fourth-order valence-corrected chi connectivity index (χ4v) is 2.60. The fourth-order valence-electron chi connectivity index (χ4n) is 2.60. The zero-order valence-corrected chi connectivity index (χ0v) is 12.1. The van der Waals surface area contributed by atoms with Gasteiger partial charge in [0.1, 0.15) is 0 Å². The lowest BCUT2D eigenvalue weighted by atomic mass is 10.00. The number of hydrogen-bond acceptors (Lipinski definition) is 4. The average Bonchev–Trinajstić information content (AvgIpc) is 2.45. The molecule has 2 atom stereocenters. The summed E-state index contributed by atoms with van der Waals surface area (Å²) in [7, 11) is 3.55. The van der Waals surface area contributed by atoms with Gasteiger partial charge in [0.05, 0.1) is 24.4 Å². The predicted molar refractivity (Wildman–Crippen MR) is 77.7 cm³/mol. The number of anilines is 2. The zero-order chi connectivity index (χ0) is 14.0. The second-order valence-corrected chi connectivity index (χ2v) is 5.16. The highest BCUT2D eigenvalue weighted by Crippen LogP contribution is 2.34. The van der Waals surface area contributed by atoms with E-state index >= 15 is 0 Å². The molecular formula is C15H22N2O2. The molecule has 104 valence electrons. The third-order valence-electron chi connectivity index (χ3n) is 4.07. The van der Waals surface area contributed by atoms with Gasteiger partial charge in [-0.2, -0.15) is 0 Å². The van der Waals surface area contributed by atoms with Gasteiger partial charge in [-0.05, 0) is 26.0 Å². The molecule has 4 nitrogen and oxygen atoms in total. The molecule has 19 heavy (non-hydrogen) atoms. The maximum atomic E-state index is 11.7. The standard InChI is InChI=1S/C15H22N2O2/c1-11(15(18)19-4)12(2)17-10-9-16(3)13-7-5-6-8-14(13)17/h5-8,11-12H,9-10H2,1-4H3. The van der Waals surface area contributed by atoms with Gasteiger partial charge in [0.2, 0.25) is 0 Å². The largest absolute Gasteiger partial charge is 0.469 e. The van der Waals surface area contributed by atoms with Crippen molar-refractivity contribution in [1.29, 1.82) is 0 Å². The number of hydrogen-bond donors (Lipinski definition) is 0. The summed E-state index contributed by atoms with van der Waals surface area (Å²) in [4.78, 5) is 16.3. The Morgan fingerprint density at radius 1 is 1.21 bits per heavy atom. The lowest BCUT2D eigenvalue weighted by molar-refractivity contribution is -0.145. The lowest BCUT2D eigenvalue weighted by Gasteiger charge is -2.41. The number of carbonyl (C=O) groups excluding carboxylic acids is 1. The van der Waals surface area contributed by atoms with E-state index in [0.29, 0.717) is 0 Å². The van der Waals surface area contributed by atoms with Crippen LogP contribution in [0.2, 0.25) is 0 Å². The van der Waals surface area contributed by atoms with Crippen LogP contribution in [0.1, 0.15) is 13.8 Å². The van der Waals surface area contributed by atoms with E-state index < -0.39 is 0 Å². The monoisotopic (exact) mass is 262 g/mol. The van der Waals surface area contributed by atoms with E-state index in [1.807, 2.05) is 19.1 Å². The van der Waals surface area contributed by atoms with E-state index in [1.165, 1.54) is 18.5 Å². The molecule has 0 saturated carbocycles. The van der Waals surface area contributed by atoms with Crippen LogP contribution in [0.5, 0.6) is 0 Å². The number of methoxy groups -OCH3 is 1. The van der Waals surface area contributed by atoms with Crippen LogP contribution in [0.25, 0.3) is 0 Å². The second-order valence-electron chi connectivity index (χ2n) is 5.16. The van der Waals surface area contributed by atoms with Crippen LogP contribution in [0.4, 0.5) is 11.4 Å². The molecule has 0 bridgehead atoms. The first-order valence-electron chi connectivity index (χ1n) is 6.71. The summed E-state index contributed by atoms with van der Waals surface area (Å²) >= 11 is 0. The molecule has 0 aliphatic carbocycles. The van der Waals surface area contributed by atoms with Crippen molar-refractivity contribution in [2.45, 2.75) is 19.9 Å². The Morgan fingerprint density at radius 3 is 2.47 bits per heavy atom. The molecule has 2 unspecified atom stereocenters. The van der Waals surface area contributed by atoms with E-state index in [1.54, 1.807) is 0 Å². The second kappa shape index (κ2) is 5.51. The molecule has 0 spiro atoms. The Bertz CT molecular complexity index is 461. The summed E-state index contributed by atoms with van der Waals surface area (Å²) in [6.45, 7) is 5.91. The Morgan fingerprint density at radius 2 is 1.84 bits per heavy atom. The van der Waals surface area contributed by atoms with Crippen LogP contribution in [0.3, 0.4) is 0 Å². The number of rotatable bonds is 3. The minimum atomic E-state index is -0.149. The van der Waals surface area contributed by atoms with Crippen molar-refractivity contribution in [2.24, 2.45) is 5.92 Å². The molecule has 2 rings (SSSR count). The predicted octanol–water partition coefficient (Wildman–Crippen LogP) is 2.14. The van der Waals surface area contributed by atoms with Gasteiger partial charge in [0.25, 0.3) is 0 Å². The molecule has 0 fully saturated rings. The summed E-state index contributed by atoms with van der Waals surface area (Å²) in [5.41, 5.74) is 2.41. The first-order chi connectivity index (χ1) is 9.06. The summed E-state index contributed by atoms with van der Waals surface area (Å²) in [6, 6.07) is 8.46. The maximum Gasteiger partial charge on any atom is 0.310 e. The molecule has 1 aromatic rings. The third kappa shape index (κ3) is 2.53.